The highest BCUT2D eigenvalue weighted by atomic mass is 19.4. The Morgan fingerprint density at radius 1 is 0.938 bits per heavy atom. The smallest absolute Gasteiger partial charge is 0.417 e. The molecule has 48 heavy (non-hydrogen) atoms. The molecule has 5 aliphatic rings. The van der Waals surface area contributed by atoms with Crippen LogP contribution < -0.4 is 4.90 Å². The maximum Gasteiger partial charge on any atom is 0.417 e. The number of hydrogen-bond acceptors (Lipinski definition) is 5. The number of halogens is 3. The lowest BCUT2D eigenvalue weighted by atomic mass is 9.60. The van der Waals surface area contributed by atoms with Crippen molar-refractivity contribution < 1.29 is 27.6 Å². The summed E-state index contributed by atoms with van der Waals surface area (Å²) in [6.45, 7) is 1.55. The minimum atomic E-state index is -4.68. The molecular formula is C39H46F3N3O3. The SMILES string of the molecule is O=C(O)c1cc(C(F)(F)F)c2cc(N3CCC4(CC3)CC(=Cc3c(C(C5CCCCC5)C5CCCCC5)noc3C3CC3)C4)ccc2n1. The highest BCUT2D eigenvalue weighted by Crippen LogP contribution is 2.55. The number of hydrogen-bond donors (Lipinski definition) is 1. The summed E-state index contributed by atoms with van der Waals surface area (Å²) < 4.78 is 48.1. The zero-order valence-corrected chi connectivity index (χ0v) is 27.7. The second-order valence-corrected chi connectivity index (χ2v) is 15.6. The van der Waals surface area contributed by atoms with Crippen molar-refractivity contribution >= 4 is 28.6 Å². The molecule has 6 nitrogen and oxygen atoms in total. The number of carboxylic acids is 1. The number of aromatic nitrogens is 2. The number of carboxylic acid groups (broad SMARTS) is 1. The molecule has 5 fully saturated rings. The first kappa shape index (κ1) is 31.9. The van der Waals surface area contributed by atoms with Crippen LogP contribution in [0.25, 0.3) is 17.0 Å². The number of rotatable bonds is 7. The van der Waals surface area contributed by atoms with E-state index in [0.717, 1.165) is 50.2 Å². The molecule has 0 atom stereocenters. The van der Waals surface area contributed by atoms with Gasteiger partial charge in [-0.1, -0.05) is 55.3 Å². The van der Waals surface area contributed by atoms with E-state index in [1.807, 2.05) is 0 Å². The van der Waals surface area contributed by atoms with Crippen LogP contribution in [0.5, 0.6) is 0 Å². The summed E-state index contributed by atoms with van der Waals surface area (Å²) in [5, 5.41) is 14.2. The minimum Gasteiger partial charge on any atom is -0.477 e. The fourth-order valence-corrected chi connectivity index (χ4v) is 9.73. The second-order valence-electron chi connectivity index (χ2n) is 15.6. The lowest BCUT2D eigenvalue weighted by Crippen LogP contribution is -2.44. The number of aromatic carboxylic acids is 1. The van der Waals surface area contributed by atoms with Crippen molar-refractivity contribution in [3.8, 4) is 0 Å². The average Bonchev–Trinajstić information content (AvgIpc) is 3.85. The van der Waals surface area contributed by atoms with Crippen LogP contribution in [-0.2, 0) is 6.18 Å². The first-order valence-electron chi connectivity index (χ1n) is 18.4. The molecule has 1 aliphatic heterocycles. The van der Waals surface area contributed by atoms with Gasteiger partial charge in [0.05, 0.1) is 16.8 Å². The van der Waals surface area contributed by atoms with Crippen LogP contribution in [0, 0.1) is 17.3 Å². The van der Waals surface area contributed by atoms with Gasteiger partial charge in [0.2, 0.25) is 0 Å². The van der Waals surface area contributed by atoms with Gasteiger partial charge >= 0.3 is 12.1 Å². The fourth-order valence-electron chi connectivity index (χ4n) is 9.73. The second kappa shape index (κ2) is 12.5. The van der Waals surface area contributed by atoms with E-state index < -0.39 is 23.4 Å². The molecule has 2 aromatic heterocycles. The van der Waals surface area contributed by atoms with Gasteiger partial charge in [-0.2, -0.15) is 13.2 Å². The lowest BCUT2D eigenvalue weighted by molar-refractivity contribution is -0.136. The quantitative estimate of drug-likeness (QED) is 0.271. The van der Waals surface area contributed by atoms with Crippen molar-refractivity contribution in [3.05, 3.63) is 58.1 Å². The van der Waals surface area contributed by atoms with Crippen molar-refractivity contribution in [2.75, 3.05) is 18.0 Å². The number of benzene rings is 1. The number of nitrogens with zero attached hydrogens (tertiary/aromatic N) is 3. The molecule has 4 saturated carbocycles. The van der Waals surface area contributed by atoms with Crippen LogP contribution in [0.3, 0.4) is 0 Å². The summed E-state index contributed by atoms with van der Waals surface area (Å²) in [6.07, 6.45) is 17.6. The standard InChI is InChI=1S/C39H46F3N3O3/c40-39(41,42)31-21-33(37(46)47)43-32-14-13-28(20-29(31)32)45-17-15-38(16-18-45)22-24(23-38)19-30-35(44-48-36(30)27-11-12-27)34(25-7-3-1-4-8-25)26-9-5-2-6-10-26/h13-14,19-21,25-27,34H,1-12,15-18,22-23H2,(H,46,47). The molecule has 256 valence electrons. The van der Waals surface area contributed by atoms with E-state index in [-0.39, 0.29) is 16.3 Å². The number of pyridine rings is 1. The minimum absolute atomic E-state index is 0.0427. The van der Waals surface area contributed by atoms with Crippen molar-refractivity contribution in [1.82, 2.24) is 10.1 Å². The monoisotopic (exact) mass is 661 g/mol. The van der Waals surface area contributed by atoms with E-state index in [4.69, 9.17) is 9.68 Å². The Bertz CT molecular complexity index is 1680. The molecule has 1 saturated heterocycles. The zero-order chi connectivity index (χ0) is 33.0. The van der Waals surface area contributed by atoms with Gasteiger partial charge in [-0.05, 0) is 106 Å². The number of carbonyl (C=O) groups is 1. The first-order valence-corrected chi connectivity index (χ1v) is 18.4. The molecule has 1 N–H and O–H groups in total. The maximum absolute atomic E-state index is 13.9. The van der Waals surface area contributed by atoms with Gasteiger partial charge in [0.1, 0.15) is 11.5 Å². The Kier molecular flexibility index (Phi) is 8.31. The molecular weight excluding hydrogens is 615 g/mol. The molecule has 8 rings (SSSR count). The van der Waals surface area contributed by atoms with E-state index in [2.05, 4.69) is 16.0 Å². The Morgan fingerprint density at radius 3 is 2.17 bits per heavy atom. The van der Waals surface area contributed by atoms with Gasteiger partial charge in [0.25, 0.3) is 0 Å². The van der Waals surface area contributed by atoms with Gasteiger partial charge in [0, 0.05) is 41.6 Å². The van der Waals surface area contributed by atoms with Crippen LogP contribution in [-0.4, -0.2) is 34.3 Å². The van der Waals surface area contributed by atoms with Gasteiger partial charge in [0.15, 0.2) is 0 Å². The molecule has 3 heterocycles. The summed E-state index contributed by atoms with van der Waals surface area (Å²) >= 11 is 0. The van der Waals surface area contributed by atoms with Gasteiger partial charge in [-0.25, -0.2) is 9.78 Å². The zero-order valence-electron chi connectivity index (χ0n) is 27.7. The van der Waals surface area contributed by atoms with E-state index in [1.165, 1.54) is 106 Å². The summed E-state index contributed by atoms with van der Waals surface area (Å²) in [5.41, 5.74) is 3.51. The first-order chi connectivity index (χ1) is 23.2. The molecule has 0 unspecified atom stereocenters. The van der Waals surface area contributed by atoms with E-state index >= 15 is 0 Å². The normalized spacial score (nSPS) is 22.4. The summed E-state index contributed by atoms with van der Waals surface area (Å²) in [4.78, 5) is 17.6. The molecule has 1 spiro atoms. The lowest BCUT2D eigenvalue weighted by Gasteiger charge is -2.50. The molecule has 0 radical (unpaired) electrons. The maximum atomic E-state index is 13.9. The number of allylic oxidation sites excluding steroid dienone is 1. The number of fused-ring (bicyclic) bond motifs is 1. The average molecular weight is 662 g/mol. The molecule has 0 amide bonds. The number of anilines is 1. The molecule has 9 heteroatoms. The Hall–Kier alpha value is -3.36. The fraction of sp³-hybridized carbons (Fsp3) is 0.615. The third-order valence-corrected chi connectivity index (χ3v) is 12.4. The number of alkyl halides is 3. The van der Waals surface area contributed by atoms with Crippen LogP contribution >= 0.6 is 0 Å². The Morgan fingerprint density at radius 2 is 1.58 bits per heavy atom. The molecule has 4 aliphatic carbocycles. The highest BCUT2D eigenvalue weighted by molar-refractivity contribution is 5.93. The summed E-state index contributed by atoms with van der Waals surface area (Å²) in [6, 6.07) is 5.46. The Balaban J connectivity index is 1.00. The Labute approximate surface area is 280 Å². The van der Waals surface area contributed by atoms with E-state index in [0.29, 0.717) is 29.7 Å². The number of piperidine rings is 1. The van der Waals surface area contributed by atoms with Gasteiger partial charge in [-0.15, -0.1) is 0 Å². The third kappa shape index (κ3) is 6.15. The highest BCUT2D eigenvalue weighted by Gasteiger charge is 2.45. The van der Waals surface area contributed by atoms with Crippen LogP contribution in [0.15, 0.2) is 34.4 Å². The van der Waals surface area contributed by atoms with Crippen LogP contribution in [0.4, 0.5) is 18.9 Å². The molecule has 3 aromatic rings. The summed E-state index contributed by atoms with van der Waals surface area (Å²) in [5.74, 6) is 2.11. The molecule has 1 aromatic carbocycles. The van der Waals surface area contributed by atoms with E-state index in [1.54, 1.807) is 6.07 Å². The molecule has 0 bridgehead atoms. The topological polar surface area (TPSA) is 79.5 Å². The van der Waals surface area contributed by atoms with Gasteiger partial charge < -0.3 is 14.5 Å². The van der Waals surface area contributed by atoms with Crippen LogP contribution in [0.2, 0.25) is 0 Å². The van der Waals surface area contributed by atoms with E-state index in [9.17, 15) is 23.1 Å². The predicted molar refractivity (Wildman–Crippen MR) is 179 cm³/mol. The van der Waals surface area contributed by atoms with Crippen LogP contribution in [0.1, 0.15) is 148 Å². The van der Waals surface area contributed by atoms with Crippen molar-refractivity contribution in [2.24, 2.45) is 17.3 Å². The predicted octanol–water partition coefficient (Wildman–Crippen LogP) is 10.5. The van der Waals surface area contributed by atoms with Crippen molar-refractivity contribution in [3.63, 3.8) is 0 Å². The van der Waals surface area contributed by atoms with Gasteiger partial charge in [-0.3, -0.25) is 0 Å². The third-order valence-electron chi connectivity index (χ3n) is 12.4. The summed E-state index contributed by atoms with van der Waals surface area (Å²) in [7, 11) is 0. The van der Waals surface area contributed by atoms with Crippen molar-refractivity contribution in [1.29, 1.82) is 0 Å². The van der Waals surface area contributed by atoms with Crippen molar-refractivity contribution in [2.45, 2.75) is 121 Å². The largest absolute Gasteiger partial charge is 0.477 e.